The quantitative estimate of drug-likeness (QED) is 0.814. The van der Waals surface area contributed by atoms with Gasteiger partial charge in [0.05, 0.1) is 0 Å². The van der Waals surface area contributed by atoms with E-state index in [9.17, 15) is 0 Å². The third kappa shape index (κ3) is 2.09. The summed E-state index contributed by atoms with van der Waals surface area (Å²) in [4.78, 5) is 2.47. The zero-order chi connectivity index (χ0) is 10.7. The summed E-state index contributed by atoms with van der Waals surface area (Å²) < 4.78 is 0. The fraction of sp³-hybridized carbons (Fsp3) is 0.538. The number of hydrogen-bond donors (Lipinski definition) is 1. The molecule has 1 aromatic rings. The lowest BCUT2D eigenvalue weighted by molar-refractivity contribution is 0.708. The van der Waals surface area contributed by atoms with E-state index in [0.29, 0.717) is 0 Å². The molecule has 1 aromatic carbocycles. The number of benzene rings is 1. The minimum atomic E-state index is 0.991. The van der Waals surface area contributed by atoms with Gasteiger partial charge in [0.2, 0.25) is 0 Å². The van der Waals surface area contributed by atoms with Crippen molar-refractivity contribution < 1.29 is 0 Å². The summed E-state index contributed by atoms with van der Waals surface area (Å²) in [5, 5.41) is 3.38. The van der Waals surface area contributed by atoms with Crippen molar-refractivity contribution in [2.75, 3.05) is 29.9 Å². The van der Waals surface area contributed by atoms with Crippen molar-refractivity contribution in [1.29, 1.82) is 0 Å². The summed E-state index contributed by atoms with van der Waals surface area (Å²) >= 11 is 0. The lowest BCUT2D eigenvalue weighted by Crippen LogP contribution is -2.28. The van der Waals surface area contributed by atoms with Crippen LogP contribution in [0.2, 0.25) is 0 Å². The van der Waals surface area contributed by atoms with Crippen LogP contribution in [0.5, 0.6) is 0 Å². The van der Waals surface area contributed by atoms with E-state index < -0.39 is 0 Å². The van der Waals surface area contributed by atoms with Crippen LogP contribution in [0, 0.1) is 0 Å². The molecule has 0 bridgehead atoms. The number of aryl methyl sites for hydroxylation is 1. The standard InChI is InChI=1S/C13H20N2/c1-3-14-12-8-7-11-6-5-9-15(4-2)13(11)10-12/h7-8,10,14H,3-6,9H2,1-2H3. The van der Waals surface area contributed by atoms with Gasteiger partial charge in [-0.2, -0.15) is 0 Å². The zero-order valence-electron chi connectivity index (χ0n) is 9.71. The lowest BCUT2D eigenvalue weighted by atomic mass is 10.0. The van der Waals surface area contributed by atoms with Crippen LogP contribution in [0.1, 0.15) is 25.8 Å². The van der Waals surface area contributed by atoms with E-state index in [4.69, 9.17) is 0 Å². The Morgan fingerprint density at radius 3 is 2.93 bits per heavy atom. The van der Waals surface area contributed by atoms with Crippen molar-refractivity contribution in [3.63, 3.8) is 0 Å². The highest BCUT2D eigenvalue weighted by molar-refractivity contribution is 5.63. The van der Waals surface area contributed by atoms with Crippen LogP contribution in [-0.4, -0.2) is 19.6 Å². The maximum atomic E-state index is 3.38. The average molecular weight is 204 g/mol. The van der Waals surface area contributed by atoms with Gasteiger partial charge in [-0.3, -0.25) is 0 Å². The minimum Gasteiger partial charge on any atom is -0.385 e. The van der Waals surface area contributed by atoms with Crippen LogP contribution < -0.4 is 10.2 Å². The Labute approximate surface area is 92.3 Å². The molecule has 1 aliphatic heterocycles. The summed E-state index contributed by atoms with van der Waals surface area (Å²) in [5.41, 5.74) is 4.18. The third-order valence-electron chi connectivity index (χ3n) is 3.06. The molecule has 0 aromatic heterocycles. The van der Waals surface area contributed by atoms with Crippen molar-refractivity contribution in [2.24, 2.45) is 0 Å². The Hall–Kier alpha value is -1.18. The first-order valence-electron chi connectivity index (χ1n) is 5.97. The average Bonchev–Trinajstić information content (AvgIpc) is 2.28. The van der Waals surface area contributed by atoms with Crippen molar-refractivity contribution >= 4 is 11.4 Å². The Balaban J connectivity index is 2.30. The smallest absolute Gasteiger partial charge is 0.0419 e. The molecule has 1 aliphatic rings. The number of hydrogen-bond acceptors (Lipinski definition) is 2. The predicted octanol–water partition coefficient (Wildman–Crippen LogP) is 2.89. The highest BCUT2D eigenvalue weighted by atomic mass is 15.1. The molecule has 0 saturated carbocycles. The predicted molar refractivity (Wildman–Crippen MR) is 66.8 cm³/mol. The van der Waals surface area contributed by atoms with E-state index in [0.717, 1.165) is 13.1 Å². The Morgan fingerprint density at radius 2 is 2.20 bits per heavy atom. The second-order valence-electron chi connectivity index (χ2n) is 4.06. The van der Waals surface area contributed by atoms with Gasteiger partial charge in [0.25, 0.3) is 0 Å². The van der Waals surface area contributed by atoms with E-state index in [2.05, 4.69) is 42.3 Å². The fourth-order valence-electron chi connectivity index (χ4n) is 2.29. The number of rotatable bonds is 3. The number of nitrogens with one attached hydrogen (secondary N) is 1. The first-order chi connectivity index (χ1) is 7.35. The molecule has 2 nitrogen and oxygen atoms in total. The molecular weight excluding hydrogens is 184 g/mol. The van der Waals surface area contributed by atoms with Crippen LogP contribution in [-0.2, 0) is 6.42 Å². The maximum Gasteiger partial charge on any atom is 0.0419 e. The first kappa shape index (κ1) is 10.3. The molecule has 1 heterocycles. The maximum absolute atomic E-state index is 3.38. The van der Waals surface area contributed by atoms with Crippen molar-refractivity contribution in [1.82, 2.24) is 0 Å². The van der Waals surface area contributed by atoms with Crippen LogP contribution in [0.3, 0.4) is 0 Å². The van der Waals surface area contributed by atoms with Crippen molar-refractivity contribution in [3.05, 3.63) is 23.8 Å². The summed E-state index contributed by atoms with van der Waals surface area (Å²) in [5.74, 6) is 0. The summed E-state index contributed by atoms with van der Waals surface area (Å²) in [7, 11) is 0. The fourth-order valence-corrected chi connectivity index (χ4v) is 2.29. The van der Waals surface area contributed by atoms with Gasteiger partial charge in [-0.05, 0) is 44.4 Å². The second-order valence-corrected chi connectivity index (χ2v) is 4.06. The molecule has 0 saturated heterocycles. The van der Waals surface area contributed by atoms with Gasteiger partial charge in [0, 0.05) is 31.0 Å². The third-order valence-corrected chi connectivity index (χ3v) is 3.06. The van der Waals surface area contributed by atoms with E-state index in [1.54, 1.807) is 0 Å². The molecule has 0 spiro atoms. The molecule has 2 rings (SSSR count). The molecule has 0 atom stereocenters. The number of anilines is 2. The largest absolute Gasteiger partial charge is 0.385 e. The van der Waals surface area contributed by atoms with Crippen LogP contribution in [0.15, 0.2) is 18.2 Å². The minimum absolute atomic E-state index is 0.991. The zero-order valence-corrected chi connectivity index (χ0v) is 9.71. The van der Waals surface area contributed by atoms with Crippen molar-refractivity contribution in [2.45, 2.75) is 26.7 Å². The van der Waals surface area contributed by atoms with Gasteiger partial charge >= 0.3 is 0 Å². The van der Waals surface area contributed by atoms with Gasteiger partial charge in [-0.25, -0.2) is 0 Å². The monoisotopic (exact) mass is 204 g/mol. The number of fused-ring (bicyclic) bond motifs is 1. The molecule has 2 heteroatoms. The van der Waals surface area contributed by atoms with Gasteiger partial charge in [0.15, 0.2) is 0 Å². The van der Waals surface area contributed by atoms with E-state index >= 15 is 0 Å². The molecule has 0 radical (unpaired) electrons. The van der Waals surface area contributed by atoms with Crippen LogP contribution >= 0.6 is 0 Å². The second kappa shape index (κ2) is 4.56. The highest BCUT2D eigenvalue weighted by Gasteiger charge is 2.15. The van der Waals surface area contributed by atoms with Gasteiger partial charge in [-0.15, -0.1) is 0 Å². The van der Waals surface area contributed by atoms with E-state index in [1.165, 1.54) is 36.3 Å². The van der Waals surface area contributed by atoms with Gasteiger partial charge in [-0.1, -0.05) is 6.07 Å². The highest BCUT2D eigenvalue weighted by Crippen LogP contribution is 2.29. The molecule has 82 valence electrons. The molecule has 1 N–H and O–H groups in total. The van der Waals surface area contributed by atoms with E-state index in [1.807, 2.05) is 0 Å². The van der Waals surface area contributed by atoms with Gasteiger partial charge in [0.1, 0.15) is 0 Å². The Morgan fingerprint density at radius 1 is 1.33 bits per heavy atom. The summed E-state index contributed by atoms with van der Waals surface area (Å²) in [6.45, 7) is 7.68. The summed E-state index contributed by atoms with van der Waals surface area (Å²) in [6, 6.07) is 6.76. The topological polar surface area (TPSA) is 15.3 Å². The Bertz CT molecular complexity index is 333. The first-order valence-corrected chi connectivity index (χ1v) is 5.97. The number of nitrogens with zero attached hydrogens (tertiary/aromatic N) is 1. The Kier molecular flexibility index (Phi) is 3.14. The molecule has 0 aliphatic carbocycles. The molecule has 15 heavy (non-hydrogen) atoms. The lowest BCUT2D eigenvalue weighted by Gasteiger charge is -2.30. The molecular formula is C13H20N2. The van der Waals surface area contributed by atoms with Crippen molar-refractivity contribution in [3.8, 4) is 0 Å². The molecule has 0 fully saturated rings. The molecule has 0 amide bonds. The van der Waals surface area contributed by atoms with Crippen LogP contribution in [0.25, 0.3) is 0 Å². The van der Waals surface area contributed by atoms with E-state index in [-0.39, 0.29) is 0 Å². The normalized spacial score (nSPS) is 14.9. The summed E-state index contributed by atoms with van der Waals surface area (Å²) in [6.07, 6.45) is 2.53. The van der Waals surface area contributed by atoms with Gasteiger partial charge < -0.3 is 10.2 Å². The SMILES string of the molecule is CCNc1ccc2c(c1)N(CC)CCC2. The molecule has 0 unspecified atom stereocenters. The van der Waals surface area contributed by atoms with Crippen LogP contribution in [0.4, 0.5) is 11.4 Å².